The molecule has 0 aliphatic heterocycles. The predicted octanol–water partition coefficient (Wildman–Crippen LogP) is 2.27. The molecule has 2 aromatic rings. The summed E-state index contributed by atoms with van der Waals surface area (Å²) in [5.41, 5.74) is 1.15. The fourth-order valence-corrected chi connectivity index (χ4v) is 1.51. The fourth-order valence-electron chi connectivity index (χ4n) is 1.51. The maximum atomic E-state index is 9.44. The SMILES string of the molecule is CC(c1ccccc1)c1nccn1O. The maximum Gasteiger partial charge on any atom is 0.151 e. The van der Waals surface area contributed by atoms with Crippen molar-refractivity contribution in [1.29, 1.82) is 0 Å². The van der Waals surface area contributed by atoms with E-state index in [9.17, 15) is 5.21 Å². The number of hydrogen-bond acceptors (Lipinski definition) is 2. The first-order valence-electron chi connectivity index (χ1n) is 4.56. The monoisotopic (exact) mass is 188 g/mol. The largest absolute Gasteiger partial charge is 0.427 e. The lowest BCUT2D eigenvalue weighted by atomic mass is 10.0. The molecule has 0 fully saturated rings. The van der Waals surface area contributed by atoms with E-state index in [1.807, 2.05) is 37.3 Å². The lowest BCUT2D eigenvalue weighted by Crippen LogP contribution is -2.04. The molecule has 2 rings (SSSR count). The van der Waals surface area contributed by atoms with Crippen molar-refractivity contribution in [1.82, 2.24) is 9.71 Å². The van der Waals surface area contributed by atoms with E-state index in [1.165, 1.54) is 6.20 Å². The van der Waals surface area contributed by atoms with Gasteiger partial charge in [-0.1, -0.05) is 37.3 Å². The average Bonchev–Trinajstić information content (AvgIpc) is 2.65. The van der Waals surface area contributed by atoms with Gasteiger partial charge in [-0.05, 0) is 5.56 Å². The van der Waals surface area contributed by atoms with Crippen molar-refractivity contribution < 1.29 is 5.21 Å². The van der Waals surface area contributed by atoms with E-state index in [-0.39, 0.29) is 5.92 Å². The summed E-state index contributed by atoms with van der Waals surface area (Å²) in [6.07, 6.45) is 3.13. The van der Waals surface area contributed by atoms with Crippen molar-refractivity contribution in [3.05, 3.63) is 54.1 Å². The van der Waals surface area contributed by atoms with Crippen LogP contribution in [0.4, 0.5) is 0 Å². The topological polar surface area (TPSA) is 38.0 Å². The van der Waals surface area contributed by atoms with Crippen molar-refractivity contribution in [3.63, 3.8) is 0 Å². The van der Waals surface area contributed by atoms with E-state index in [0.717, 1.165) is 10.3 Å². The Morgan fingerprint density at radius 1 is 1.29 bits per heavy atom. The van der Waals surface area contributed by atoms with Gasteiger partial charge in [0.2, 0.25) is 0 Å². The van der Waals surface area contributed by atoms with Gasteiger partial charge in [-0.25, -0.2) is 4.98 Å². The molecule has 72 valence electrons. The summed E-state index contributed by atoms with van der Waals surface area (Å²) in [6, 6.07) is 9.99. The van der Waals surface area contributed by atoms with Gasteiger partial charge in [0, 0.05) is 12.1 Å². The Labute approximate surface area is 82.6 Å². The zero-order valence-corrected chi connectivity index (χ0v) is 7.96. The highest BCUT2D eigenvalue weighted by Crippen LogP contribution is 2.21. The lowest BCUT2D eigenvalue weighted by Gasteiger charge is -2.10. The summed E-state index contributed by atoms with van der Waals surface area (Å²) < 4.78 is 1.07. The second-order valence-corrected chi connectivity index (χ2v) is 3.26. The maximum absolute atomic E-state index is 9.44. The third kappa shape index (κ3) is 1.48. The molecule has 3 heteroatoms. The molecule has 1 N–H and O–H groups in total. The Morgan fingerprint density at radius 3 is 2.57 bits per heavy atom. The number of hydrogen-bond donors (Lipinski definition) is 1. The van der Waals surface area contributed by atoms with Crippen LogP contribution in [0.15, 0.2) is 42.7 Å². The first kappa shape index (κ1) is 8.81. The van der Waals surface area contributed by atoms with Crippen LogP contribution >= 0.6 is 0 Å². The number of imidazole rings is 1. The number of rotatable bonds is 2. The Morgan fingerprint density at radius 2 is 2.00 bits per heavy atom. The molecular formula is C11H12N2O. The summed E-state index contributed by atoms with van der Waals surface area (Å²) in [5.74, 6) is 0.771. The van der Waals surface area contributed by atoms with Gasteiger partial charge < -0.3 is 5.21 Å². The molecule has 0 spiro atoms. The average molecular weight is 188 g/mol. The van der Waals surface area contributed by atoms with Gasteiger partial charge in [0.05, 0.1) is 6.20 Å². The summed E-state index contributed by atoms with van der Waals surface area (Å²) in [4.78, 5) is 4.11. The smallest absolute Gasteiger partial charge is 0.151 e. The van der Waals surface area contributed by atoms with Crippen LogP contribution in [-0.4, -0.2) is 14.9 Å². The molecule has 1 heterocycles. The molecule has 0 saturated heterocycles. The second-order valence-electron chi connectivity index (χ2n) is 3.26. The zero-order chi connectivity index (χ0) is 9.97. The normalized spacial score (nSPS) is 12.6. The molecule has 0 amide bonds. The number of benzene rings is 1. The molecule has 0 aliphatic rings. The van der Waals surface area contributed by atoms with Gasteiger partial charge in [0.25, 0.3) is 0 Å². The third-order valence-corrected chi connectivity index (χ3v) is 2.34. The number of nitrogens with zero attached hydrogens (tertiary/aromatic N) is 2. The summed E-state index contributed by atoms with van der Waals surface area (Å²) in [7, 11) is 0. The summed E-state index contributed by atoms with van der Waals surface area (Å²) >= 11 is 0. The molecule has 1 aromatic carbocycles. The van der Waals surface area contributed by atoms with Crippen molar-refractivity contribution in [2.24, 2.45) is 0 Å². The third-order valence-electron chi connectivity index (χ3n) is 2.34. The highest BCUT2D eigenvalue weighted by molar-refractivity contribution is 5.24. The Balaban J connectivity index is 2.34. The van der Waals surface area contributed by atoms with E-state index < -0.39 is 0 Å². The van der Waals surface area contributed by atoms with Gasteiger partial charge in [-0.15, -0.1) is 0 Å². The van der Waals surface area contributed by atoms with E-state index >= 15 is 0 Å². The van der Waals surface area contributed by atoms with E-state index in [2.05, 4.69) is 4.98 Å². The van der Waals surface area contributed by atoms with Gasteiger partial charge >= 0.3 is 0 Å². The Bertz CT molecular complexity index is 408. The standard InChI is InChI=1S/C11H12N2O/c1-9(10-5-3-2-4-6-10)11-12-7-8-13(11)14/h2-9,14H,1H3. The minimum absolute atomic E-state index is 0.108. The first-order chi connectivity index (χ1) is 6.79. The van der Waals surface area contributed by atoms with Crippen LogP contribution in [0.5, 0.6) is 0 Å². The van der Waals surface area contributed by atoms with Crippen LogP contribution in [0.3, 0.4) is 0 Å². The quantitative estimate of drug-likeness (QED) is 0.734. The Kier molecular flexibility index (Phi) is 2.23. The van der Waals surface area contributed by atoms with Crippen LogP contribution in [0, 0.1) is 0 Å². The van der Waals surface area contributed by atoms with Gasteiger partial charge in [-0.2, -0.15) is 4.73 Å². The van der Waals surface area contributed by atoms with Gasteiger partial charge in [-0.3, -0.25) is 0 Å². The molecule has 0 saturated carbocycles. The van der Waals surface area contributed by atoms with Gasteiger partial charge in [0.15, 0.2) is 5.82 Å². The Hall–Kier alpha value is -1.77. The van der Waals surface area contributed by atoms with Crippen LogP contribution < -0.4 is 0 Å². The van der Waals surface area contributed by atoms with E-state index in [4.69, 9.17) is 0 Å². The predicted molar refractivity (Wildman–Crippen MR) is 53.4 cm³/mol. The molecule has 1 aromatic heterocycles. The molecule has 0 aliphatic carbocycles. The van der Waals surface area contributed by atoms with E-state index in [1.54, 1.807) is 6.20 Å². The molecule has 1 unspecified atom stereocenters. The van der Waals surface area contributed by atoms with Gasteiger partial charge in [0.1, 0.15) is 0 Å². The molecule has 1 atom stereocenters. The minimum atomic E-state index is 0.108. The molecule has 14 heavy (non-hydrogen) atoms. The van der Waals surface area contributed by atoms with Crippen LogP contribution in [-0.2, 0) is 0 Å². The highest BCUT2D eigenvalue weighted by Gasteiger charge is 2.12. The minimum Gasteiger partial charge on any atom is -0.427 e. The van der Waals surface area contributed by atoms with Crippen LogP contribution in [0.25, 0.3) is 0 Å². The summed E-state index contributed by atoms with van der Waals surface area (Å²) in [5, 5.41) is 9.44. The fraction of sp³-hybridized carbons (Fsp3) is 0.182. The van der Waals surface area contributed by atoms with Crippen molar-refractivity contribution in [2.75, 3.05) is 0 Å². The molecule has 3 nitrogen and oxygen atoms in total. The zero-order valence-electron chi connectivity index (χ0n) is 7.96. The second kappa shape index (κ2) is 3.54. The van der Waals surface area contributed by atoms with Crippen molar-refractivity contribution >= 4 is 0 Å². The van der Waals surface area contributed by atoms with E-state index in [0.29, 0.717) is 5.82 Å². The van der Waals surface area contributed by atoms with Crippen molar-refractivity contribution in [3.8, 4) is 0 Å². The molecule has 0 bridgehead atoms. The van der Waals surface area contributed by atoms with Crippen molar-refractivity contribution in [2.45, 2.75) is 12.8 Å². The van der Waals surface area contributed by atoms with Crippen LogP contribution in [0.2, 0.25) is 0 Å². The van der Waals surface area contributed by atoms with Crippen LogP contribution in [0.1, 0.15) is 24.2 Å². The molecule has 0 radical (unpaired) electrons. The lowest BCUT2D eigenvalue weighted by molar-refractivity contribution is 0.174. The summed E-state index contributed by atoms with van der Waals surface area (Å²) in [6.45, 7) is 2.02. The number of aromatic nitrogens is 2. The molecular weight excluding hydrogens is 176 g/mol. The first-order valence-corrected chi connectivity index (χ1v) is 4.56. The highest BCUT2D eigenvalue weighted by atomic mass is 16.5.